The maximum Gasteiger partial charge on any atom is 0.416 e. The van der Waals surface area contributed by atoms with Crippen molar-refractivity contribution in [3.8, 4) is 11.5 Å². The van der Waals surface area contributed by atoms with Crippen LogP contribution < -0.4 is 19.7 Å². The lowest BCUT2D eigenvalue weighted by Crippen LogP contribution is -3.08. The Labute approximate surface area is 168 Å². The first-order chi connectivity index (χ1) is 13.7. The molecule has 8 heteroatoms. The predicted octanol–water partition coefficient (Wildman–Crippen LogP) is 3.16. The number of hydrogen-bond donors (Lipinski definition) is 2. The summed E-state index contributed by atoms with van der Waals surface area (Å²) in [6.45, 7) is 5.31. The molecule has 29 heavy (non-hydrogen) atoms. The number of carbonyl (C=O) groups excluding carboxylic acids is 1. The zero-order chi connectivity index (χ0) is 21.4. The second-order valence-corrected chi connectivity index (χ2v) is 6.58. The maximum atomic E-state index is 12.6. The van der Waals surface area contributed by atoms with Crippen LogP contribution in [0.15, 0.2) is 42.5 Å². The summed E-state index contributed by atoms with van der Waals surface area (Å²) in [6, 6.07) is 10.2. The Morgan fingerprint density at radius 2 is 1.62 bits per heavy atom. The van der Waals surface area contributed by atoms with Gasteiger partial charge in [-0.1, -0.05) is 12.1 Å². The van der Waals surface area contributed by atoms with Crippen LogP contribution in [0.4, 0.5) is 18.9 Å². The third kappa shape index (κ3) is 6.98. The van der Waals surface area contributed by atoms with Gasteiger partial charge < -0.3 is 19.7 Å². The number of likely N-dealkylation sites (N-methyl/N-ethyl adjacent to an activating group) is 1. The van der Waals surface area contributed by atoms with Crippen molar-refractivity contribution in [1.29, 1.82) is 0 Å². The van der Waals surface area contributed by atoms with E-state index in [0.717, 1.165) is 22.6 Å². The molecule has 1 amide bonds. The fourth-order valence-electron chi connectivity index (χ4n) is 2.83. The van der Waals surface area contributed by atoms with Gasteiger partial charge in [0.15, 0.2) is 18.0 Å². The van der Waals surface area contributed by atoms with Crippen LogP contribution in [0, 0.1) is 0 Å². The Morgan fingerprint density at radius 1 is 1.00 bits per heavy atom. The molecule has 0 bridgehead atoms. The Kier molecular flexibility index (Phi) is 7.90. The lowest BCUT2D eigenvalue weighted by Gasteiger charge is -2.16. The molecule has 0 aliphatic carbocycles. The lowest BCUT2D eigenvalue weighted by atomic mass is 10.1. The molecule has 0 spiro atoms. The van der Waals surface area contributed by atoms with Gasteiger partial charge in [0, 0.05) is 17.3 Å². The molecule has 0 aromatic heterocycles. The van der Waals surface area contributed by atoms with Crippen molar-refractivity contribution in [2.45, 2.75) is 26.6 Å². The van der Waals surface area contributed by atoms with Gasteiger partial charge in [-0.15, -0.1) is 0 Å². The molecule has 0 heterocycles. The normalized spacial score (nSPS) is 12.3. The lowest BCUT2D eigenvalue weighted by molar-refractivity contribution is -0.885. The average molecular weight is 411 g/mol. The van der Waals surface area contributed by atoms with Crippen LogP contribution in [0.5, 0.6) is 11.5 Å². The summed E-state index contributed by atoms with van der Waals surface area (Å²) in [6.07, 6.45) is -4.35. The summed E-state index contributed by atoms with van der Waals surface area (Å²) in [4.78, 5) is 13.2. The Balaban J connectivity index is 1.93. The highest BCUT2D eigenvalue weighted by Crippen LogP contribution is 2.31. The molecule has 1 unspecified atom stereocenters. The Morgan fingerprint density at radius 3 is 2.21 bits per heavy atom. The SMILES string of the molecule is CCOc1ccc(NC(=O)C[NH+](C)Cc2ccc(C(F)(F)F)cc2)cc1OCC. The summed E-state index contributed by atoms with van der Waals surface area (Å²) in [5, 5.41) is 2.81. The quantitative estimate of drug-likeness (QED) is 0.667. The largest absolute Gasteiger partial charge is 0.490 e. The van der Waals surface area contributed by atoms with E-state index in [4.69, 9.17) is 9.47 Å². The minimum atomic E-state index is -4.35. The molecular formula is C21H26F3N2O3+. The number of amides is 1. The van der Waals surface area contributed by atoms with Crippen LogP contribution in [0.3, 0.4) is 0 Å². The van der Waals surface area contributed by atoms with E-state index in [0.29, 0.717) is 36.9 Å². The third-order valence-electron chi connectivity index (χ3n) is 4.08. The maximum absolute atomic E-state index is 12.6. The van der Waals surface area contributed by atoms with Crippen molar-refractivity contribution in [3.63, 3.8) is 0 Å². The molecule has 0 fully saturated rings. The van der Waals surface area contributed by atoms with E-state index in [2.05, 4.69) is 5.32 Å². The molecule has 0 aliphatic heterocycles. The molecule has 0 saturated heterocycles. The third-order valence-corrected chi connectivity index (χ3v) is 4.08. The second-order valence-electron chi connectivity index (χ2n) is 6.58. The van der Waals surface area contributed by atoms with Gasteiger partial charge in [0.2, 0.25) is 0 Å². The molecule has 0 aliphatic rings. The summed E-state index contributed by atoms with van der Waals surface area (Å²) >= 11 is 0. The van der Waals surface area contributed by atoms with Crippen molar-refractivity contribution in [2.75, 3.05) is 32.1 Å². The average Bonchev–Trinajstić information content (AvgIpc) is 2.63. The van der Waals surface area contributed by atoms with Crippen LogP contribution in [0.25, 0.3) is 0 Å². The molecule has 5 nitrogen and oxygen atoms in total. The van der Waals surface area contributed by atoms with Crippen molar-refractivity contribution in [1.82, 2.24) is 0 Å². The summed E-state index contributed by atoms with van der Waals surface area (Å²) in [5.74, 6) is 0.955. The van der Waals surface area contributed by atoms with Gasteiger partial charge in [0.05, 0.1) is 25.8 Å². The van der Waals surface area contributed by atoms with Gasteiger partial charge in [-0.3, -0.25) is 4.79 Å². The highest BCUT2D eigenvalue weighted by Gasteiger charge is 2.30. The molecular weight excluding hydrogens is 385 g/mol. The summed E-state index contributed by atoms with van der Waals surface area (Å²) in [5.41, 5.74) is 0.629. The number of benzene rings is 2. The molecule has 0 radical (unpaired) electrons. The van der Waals surface area contributed by atoms with E-state index >= 15 is 0 Å². The smallest absolute Gasteiger partial charge is 0.416 e. The standard InChI is InChI=1S/C21H25F3N2O3/c1-4-28-18-11-10-17(12-19(18)29-5-2)25-20(27)14-26(3)13-15-6-8-16(9-7-15)21(22,23)24/h6-12H,4-5,13-14H2,1-3H3,(H,25,27)/p+1. The summed E-state index contributed by atoms with van der Waals surface area (Å²) in [7, 11) is 1.81. The van der Waals surface area contributed by atoms with Crippen LogP contribution in [-0.2, 0) is 17.5 Å². The minimum Gasteiger partial charge on any atom is -0.490 e. The fourth-order valence-corrected chi connectivity index (χ4v) is 2.83. The number of anilines is 1. The van der Waals surface area contributed by atoms with Gasteiger partial charge >= 0.3 is 6.18 Å². The predicted molar refractivity (Wildman–Crippen MR) is 104 cm³/mol. The van der Waals surface area contributed by atoms with Crippen molar-refractivity contribution < 1.29 is 32.3 Å². The van der Waals surface area contributed by atoms with Gasteiger partial charge in [-0.05, 0) is 38.1 Å². The van der Waals surface area contributed by atoms with Gasteiger partial charge in [0.1, 0.15) is 6.54 Å². The van der Waals surface area contributed by atoms with E-state index in [1.807, 2.05) is 13.8 Å². The van der Waals surface area contributed by atoms with Crippen LogP contribution in [0.2, 0.25) is 0 Å². The highest BCUT2D eigenvalue weighted by molar-refractivity contribution is 5.91. The van der Waals surface area contributed by atoms with E-state index in [1.165, 1.54) is 12.1 Å². The second kappa shape index (κ2) is 10.2. The van der Waals surface area contributed by atoms with E-state index in [9.17, 15) is 18.0 Å². The monoisotopic (exact) mass is 411 g/mol. The number of alkyl halides is 3. The van der Waals surface area contributed by atoms with E-state index < -0.39 is 11.7 Å². The number of quaternary nitrogens is 1. The van der Waals surface area contributed by atoms with Gasteiger partial charge in [0.25, 0.3) is 5.91 Å². The Hall–Kier alpha value is -2.74. The molecule has 2 N–H and O–H groups in total. The molecule has 0 saturated carbocycles. The van der Waals surface area contributed by atoms with E-state index in [1.54, 1.807) is 25.2 Å². The topological polar surface area (TPSA) is 52.0 Å². The fraction of sp³-hybridized carbons (Fsp3) is 0.381. The number of carbonyl (C=O) groups is 1. The molecule has 1 atom stereocenters. The molecule has 2 rings (SSSR count). The minimum absolute atomic E-state index is 0.165. The van der Waals surface area contributed by atoms with Crippen LogP contribution in [-0.4, -0.2) is 32.7 Å². The number of rotatable bonds is 9. The van der Waals surface area contributed by atoms with Gasteiger partial charge in [-0.2, -0.15) is 13.2 Å². The number of hydrogen-bond acceptors (Lipinski definition) is 3. The first-order valence-electron chi connectivity index (χ1n) is 9.39. The first-order valence-corrected chi connectivity index (χ1v) is 9.39. The first kappa shape index (κ1) is 22.5. The highest BCUT2D eigenvalue weighted by atomic mass is 19.4. The zero-order valence-corrected chi connectivity index (χ0v) is 16.7. The van der Waals surface area contributed by atoms with Crippen LogP contribution in [0.1, 0.15) is 25.0 Å². The van der Waals surface area contributed by atoms with Gasteiger partial charge in [-0.25, -0.2) is 0 Å². The molecule has 158 valence electrons. The van der Waals surface area contributed by atoms with Crippen LogP contribution >= 0.6 is 0 Å². The number of nitrogens with one attached hydrogen (secondary N) is 2. The summed E-state index contributed by atoms with van der Waals surface area (Å²) < 4.78 is 48.9. The molecule has 2 aromatic carbocycles. The zero-order valence-electron chi connectivity index (χ0n) is 16.7. The number of halogens is 3. The van der Waals surface area contributed by atoms with Crippen molar-refractivity contribution in [3.05, 3.63) is 53.6 Å². The molecule has 2 aromatic rings. The number of ether oxygens (including phenoxy) is 2. The van der Waals surface area contributed by atoms with Crippen molar-refractivity contribution >= 4 is 11.6 Å². The Bertz CT molecular complexity index is 808. The van der Waals surface area contributed by atoms with Crippen molar-refractivity contribution in [2.24, 2.45) is 0 Å². The van der Waals surface area contributed by atoms with E-state index in [-0.39, 0.29) is 12.5 Å².